The summed E-state index contributed by atoms with van der Waals surface area (Å²) in [5.41, 5.74) is 5.61. The van der Waals surface area contributed by atoms with Crippen LogP contribution in [-0.4, -0.2) is 18.1 Å². The number of hydrogen-bond acceptors (Lipinski definition) is 3. The van der Waals surface area contributed by atoms with Crippen LogP contribution in [0.2, 0.25) is 0 Å². The Labute approximate surface area is 101 Å². The number of nitrogens with two attached hydrogens (primary N) is 1. The molecule has 1 rings (SSSR count). The second-order valence-corrected chi connectivity index (χ2v) is 4.70. The molecule has 0 aliphatic heterocycles. The summed E-state index contributed by atoms with van der Waals surface area (Å²) < 4.78 is 36.2. The van der Waals surface area contributed by atoms with E-state index in [1.807, 2.05) is 0 Å². The lowest BCUT2D eigenvalue weighted by atomic mass is 10.2. The van der Waals surface area contributed by atoms with E-state index in [2.05, 4.69) is 5.32 Å². The van der Waals surface area contributed by atoms with E-state index in [0.29, 0.717) is 4.88 Å². The number of amides is 1. The molecular weight excluding hydrogens is 253 g/mol. The number of rotatable bonds is 4. The van der Waals surface area contributed by atoms with Crippen LogP contribution >= 0.6 is 11.3 Å². The number of hydrogen-bond donors (Lipinski definition) is 2. The molecule has 0 saturated carbocycles. The van der Waals surface area contributed by atoms with E-state index in [1.54, 1.807) is 17.5 Å². The highest BCUT2D eigenvalue weighted by atomic mass is 32.1. The van der Waals surface area contributed by atoms with Crippen LogP contribution in [0, 0.1) is 0 Å². The number of halogens is 3. The van der Waals surface area contributed by atoms with Gasteiger partial charge >= 0.3 is 6.18 Å². The molecule has 96 valence electrons. The average Bonchev–Trinajstić information content (AvgIpc) is 2.65. The maximum atomic E-state index is 12.1. The van der Waals surface area contributed by atoms with Gasteiger partial charge in [-0.1, -0.05) is 6.07 Å². The summed E-state index contributed by atoms with van der Waals surface area (Å²) in [6, 6.07) is 1.51. The molecule has 0 bridgehead atoms. The standard InChI is InChI=1S/C10H13F3N2OS/c1-6(5-10(11,12)13)15-9(16)8(14)7-3-2-4-17-7/h2-4,6,8H,5,14H2,1H3,(H,15,16). The first-order chi connectivity index (χ1) is 7.79. The van der Waals surface area contributed by atoms with Crippen LogP contribution in [-0.2, 0) is 4.79 Å². The van der Waals surface area contributed by atoms with Gasteiger partial charge in [-0.2, -0.15) is 13.2 Å². The molecule has 7 heteroatoms. The van der Waals surface area contributed by atoms with Gasteiger partial charge < -0.3 is 11.1 Å². The van der Waals surface area contributed by atoms with Gasteiger partial charge in [0.25, 0.3) is 0 Å². The molecule has 0 fully saturated rings. The Morgan fingerprint density at radius 2 is 2.24 bits per heavy atom. The predicted molar refractivity (Wildman–Crippen MR) is 59.5 cm³/mol. The van der Waals surface area contributed by atoms with E-state index in [4.69, 9.17) is 5.73 Å². The van der Waals surface area contributed by atoms with Crippen molar-refractivity contribution in [2.24, 2.45) is 5.73 Å². The first-order valence-corrected chi connectivity index (χ1v) is 5.83. The zero-order valence-electron chi connectivity index (χ0n) is 9.12. The second kappa shape index (κ2) is 5.50. The highest BCUT2D eigenvalue weighted by Gasteiger charge is 2.31. The third kappa shape index (κ3) is 4.74. The molecular formula is C10H13F3N2OS. The smallest absolute Gasteiger partial charge is 0.352 e. The quantitative estimate of drug-likeness (QED) is 0.877. The van der Waals surface area contributed by atoms with Gasteiger partial charge in [0.05, 0.1) is 6.42 Å². The van der Waals surface area contributed by atoms with Gasteiger partial charge in [0.1, 0.15) is 6.04 Å². The first kappa shape index (κ1) is 14.0. The van der Waals surface area contributed by atoms with E-state index >= 15 is 0 Å². The Kier molecular flexibility index (Phi) is 4.53. The molecule has 1 aromatic rings. The fourth-order valence-electron chi connectivity index (χ4n) is 1.33. The molecule has 0 radical (unpaired) electrons. The molecule has 1 amide bonds. The zero-order valence-corrected chi connectivity index (χ0v) is 9.94. The Morgan fingerprint density at radius 1 is 1.59 bits per heavy atom. The molecule has 1 aromatic heterocycles. The second-order valence-electron chi connectivity index (χ2n) is 3.72. The lowest BCUT2D eigenvalue weighted by Gasteiger charge is -2.18. The van der Waals surface area contributed by atoms with Crippen LogP contribution in [0.25, 0.3) is 0 Å². The van der Waals surface area contributed by atoms with Gasteiger partial charge in [-0.15, -0.1) is 11.3 Å². The topological polar surface area (TPSA) is 55.1 Å². The van der Waals surface area contributed by atoms with E-state index < -0.39 is 30.6 Å². The van der Waals surface area contributed by atoms with Crippen LogP contribution in [0.15, 0.2) is 17.5 Å². The van der Waals surface area contributed by atoms with Crippen molar-refractivity contribution in [1.29, 1.82) is 0 Å². The summed E-state index contributed by atoms with van der Waals surface area (Å²) in [4.78, 5) is 12.2. The molecule has 0 aromatic carbocycles. The first-order valence-electron chi connectivity index (χ1n) is 4.95. The normalized spacial score (nSPS) is 15.4. The molecule has 0 aliphatic carbocycles. The van der Waals surface area contributed by atoms with Gasteiger partial charge in [-0.05, 0) is 18.4 Å². The molecule has 2 unspecified atom stereocenters. The number of nitrogens with one attached hydrogen (secondary N) is 1. The lowest BCUT2D eigenvalue weighted by molar-refractivity contribution is -0.141. The van der Waals surface area contributed by atoms with Crippen LogP contribution in [0.3, 0.4) is 0 Å². The minimum absolute atomic E-state index is 0.593. The van der Waals surface area contributed by atoms with Crippen molar-refractivity contribution in [1.82, 2.24) is 5.32 Å². The highest BCUT2D eigenvalue weighted by molar-refractivity contribution is 7.10. The molecule has 1 heterocycles. The molecule has 0 aliphatic rings. The van der Waals surface area contributed by atoms with Crippen molar-refractivity contribution in [2.75, 3.05) is 0 Å². The molecule has 3 N–H and O–H groups in total. The lowest BCUT2D eigenvalue weighted by Crippen LogP contribution is -2.41. The Hall–Kier alpha value is -1.08. The van der Waals surface area contributed by atoms with Crippen molar-refractivity contribution in [2.45, 2.75) is 31.6 Å². The van der Waals surface area contributed by atoms with Gasteiger partial charge in [0.2, 0.25) is 5.91 Å². The molecule has 0 spiro atoms. The van der Waals surface area contributed by atoms with E-state index in [9.17, 15) is 18.0 Å². The van der Waals surface area contributed by atoms with E-state index in [-0.39, 0.29) is 0 Å². The number of carbonyl (C=O) groups is 1. The van der Waals surface area contributed by atoms with Crippen molar-refractivity contribution in [3.63, 3.8) is 0 Å². The average molecular weight is 266 g/mol. The third-order valence-corrected chi connectivity index (χ3v) is 3.01. The maximum absolute atomic E-state index is 12.1. The van der Waals surface area contributed by atoms with Gasteiger partial charge in [0, 0.05) is 10.9 Å². The SMILES string of the molecule is CC(CC(F)(F)F)NC(=O)C(N)c1cccs1. The highest BCUT2D eigenvalue weighted by Crippen LogP contribution is 2.22. The van der Waals surface area contributed by atoms with Crippen molar-refractivity contribution >= 4 is 17.2 Å². The van der Waals surface area contributed by atoms with Crippen LogP contribution in [0.5, 0.6) is 0 Å². The zero-order chi connectivity index (χ0) is 13.1. The molecule has 0 saturated heterocycles. The summed E-state index contributed by atoms with van der Waals surface area (Å²) >= 11 is 1.29. The number of alkyl halides is 3. The monoisotopic (exact) mass is 266 g/mol. The Balaban J connectivity index is 2.49. The molecule has 2 atom stereocenters. The Morgan fingerprint density at radius 3 is 2.71 bits per heavy atom. The van der Waals surface area contributed by atoms with Gasteiger partial charge in [-0.3, -0.25) is 4.79 Å². The van der Waals surface area contributed by atoms with Crippen molar-refractivity contribution < 1.29 is 18.0 Å². The minimum atomic E-state index is -4.29. The predicted octanol–water partition coefficient (Wildman–Crippen LogP) is 2.21. The fourth-order valence-corrected chi connectivity index (χ4v) is 2.05. The van der Waals surface area contributed by atoms with Gasteiger partial charge in [-0.25, -0.2) is 0 Å². The van der Waals surface area contributed by atoms with E-state index in [0.717, 1.165) is 0 Å². The van der Waals surface area contributed by atoms with Crippen LogP contribution in [0.4, 0.5) is 13.2 Å². The summed E-state index contributed by atoms with van der Waals surface area (Å²) in [7, 11) is 0. The summed E-state index contributed by atoms with van der Waals surface area (Å²) in [5.74, 6) is -0.593. The largest absolute Gasteiger partial charge is 0.391 e. The Bertz CT molecular complexity index is 364. The van der Waals surface area contributed by atoms with E-state index in [1.165, 1.54) is 18.3 Å². The van der Waals surface area contributed by atoms with Crippen LogP contribution in [0.1, 0.15) is 24.3 Å². The summed E-state index contributed by atoms with van der Waals surface area (Å²) in [6.45, 7) is 1.30. The molecule has 3 nitrogen and oxygen atoms in total. The fraction of sp³-hybridized carbons (Fsp3) is 0.500. The summed E-state index contributed by atoms with van der Waals surface area (Å²) in [5, 5.41) is 4.00. The number of carbonyl (C=O) groups excluding carboxylic acids is 1. The number of thiophene rings is 1. The van der Waals surface area contributed by atoms with Crippen molar-refractivity contribution in [3.8, 4) is 0 Å². The van der Waals surface area contributed by atoms with Gasteiger partial charge in [0.15, 0.2) is 0 Å². The van der Waals surface area contributed by atoms with Crippen LogP contribution < -0.4 is 11.1 Å². The van der Waals surface area contributed by atoms with Crippen molar-refractivity contribution in [3.05, 3.63) is 22.4 Å². The summed E-state index contributed by atoms with van der Waals surface area (Å²) in [6.07, 6.45) is -5.35. The maximum Gasteiger partial charge on any atom is 0.391 e. The minimum Gasteiger partial charge on any atom is -0.352 e. The third-order valence-electron chi connectivity index (χ3n) is 2.06. The molecule has 17 heavy (non-hydrogen) atoms.